The molecule has 1 atom stereocenters. The molecule has 1 unspecified atom stereocenters. The molecule has 0 radical (unpaired) electrons. The van der Waals surface area contributed by atoms with Crippen molar-refractivity contribution in [2.45, 2.75) is 63.5 Å². The van der Waals surface area contributed by atoms with E-state index in [9.17, 15) is 4.79 Å². The highest BCUT2D eigenvalue weighted by atomic mass is 32.2. The lowest BCUT2D eigenvalue weighted by Crippen LogP contribution is -2.23. The molecule has 144 valence electrons. The molecule has 2 rings (SSSR count). The van der Waals surface area contributed by atoms with Crippen molar-refractivity contribution < 1.29 is 4.79 Å². The molecule has 0 saturated heterocycles. The second-order valence-electron chi connectivity index (χ2n) is 6.35. The number of nitrogens with zero attached hydrogens (tertiary/aromatic N) is 5. The number of carbonyl (C=O) groups excluding carboxylic acids is 1. The van der Waals surface area contributed by atoms with E-state index < -0.39 is 0 Å². The van der Waals surface area contributed by atoms with Gasteiger partial charge in [0, 0.05) is 24.6 Å². The summed E-state index contributed by atoms with van der Waals surface area (Å²) in [6, 6.07) is 0.263. The fourth-order valence-electron chi connectivity index (χ4n) is 2.68. The molecule has 26 heavy (non-hydrogen) atoms. The zero-order chi connectivity index (χ0) is 19.1. The Balaban J connectivity index is 2.13. The lowest BCUT2D eigenvalue weighted by Gasteiger charge is -2.23. The van der Waals surface area contributed by atoms with Gasteiger partial charge in [-0.05, 0) is 26.9 Å². The van der Waals surface area contributed by atoms with Crippen LogP contribution in [0, 0.1) is 0 Å². The average molecular weight is 397 g/mol. The van der Waals surface area contributed by atoms with E-state index in [4.69, 9.17) is 0 Å². The molecule has 2 heterocycles. The minimum atomic E-state index is -0.100. The monoisotopic (exact) mass is 396 g/mol. The smallest absolute Gasteiger partial charge is 0.223 e. The number of aromatic nitrogens is 4. The Morgan fingerprint density at radius 3 is 2.77 bits per heavy atom. The van der Waals surface area contributed by atoms with Crippen molar-refractivity contribution in [2.24, 2.45) is 0 Å². The second kappa shape index (κ2) is 10.0. The third kappa shape index (κ3) is 5.52. The van der Waals surface area contributed by atoms with Crippen molar-refractivity contribution in [3.63, 3.8) is 0 Å². The molecule has 0 spiro atoms. The molecule has 0 fully saturated rings. The topological polar surface area (TPSA) is 75.9 Å². The largest absolute Gasteiger partial charge is 0.305 e. The quantitative estimate of drug-likeness (QED) is 0.616. The van der Waals surface area contributed by atoms with Gasteiger partial charge in [0.05, 0.1) is 11.7 Å². The first kappa shape index (κ1) is 20.9. The first-order chi connectivity index (χ1) is 12.5. The van der Waals surface area contributed by atoms with Gasteiger partial charge in [-0.15, -0.1) is 21.5 Å². The van der Waals surface area contributed by atoms with Crippen molar-refractivity contribution in [3.05, 3.63) is 16.9 Å². The van der Waals surface area contributed by atoms with Gasteiger partial charge in [0.2, 0.25) is 5.91 Å². The number of rotatable bonds is 10. The average Bonchev–Trinajstić information content (AvgIpc) is 3.18. The Labute approximate surface area is 163 Å². The lowest BCUT2D eigenvalue weighted by molar-refractivity contribution is -0.114. The van der Waals surface area contributed by atoms with Crippen LogP contribution >= 0.6 is 23.1 Å². The maximum Gasteiger partial charge on any atom is 0.223 e. The number of thiazole rings is 1. The number of thioether (sulfide) groups is 1. The predicted molar refractivity (Wildman–Crippen MR) is 108 cm³/mol. The summed E-state index contributed by atoms with van der Waals surface area (Å²) in [5, 5.41) is 15.2. The van der Waals surface area contributed by atoms with Gasteiger partial charge in [0.25, 0.3) is 0 Å². The van der Waals surface area contributed by atoms with Gasteiger partial charge in [0.1, 0.15) is 0 Å². The van der Waals surface area contributed by atoms with E-state index in [1.165, 1.54) is 18.3 Å². The van der Waals surface area contributed by atoms with E-state index >= 15 is 0 Å². The summed E-state index contributed by atoms with van der Waals surface area (Å²) in [7, 11) is 4.16. The van der Waals surface area contributed by atoms with Crippen LogP contribution in [-0.4, -0.2) is 44.7 Å². The summed E-state index contributed by atoms with van der Waals surface area (Å²) in [6.07, 6.45) is 3.23. The van der Waals surface area contributed by atoms with E-state index in [-0.39, 0.29) is 11.9 Å². The summed E-state index contributed by atoms with van der Waals surface area (Å²) in [5.41, 5.74) is 0.940. The van der Waals surface area contributed by atoms with Crippen LogP contribution in [0.25, 0.3) is 0 Å². The van der Waals surface area contributed by atoms with Crippen LogP contribution in [0.15, 0.2) is 10.5 Å². The van der Waals surface area contributed by atoms with E-state index in [1.807, 2.05) is 5.38 Å². The standard InChI is InChI=1S/C17H28N6OS2/c1-6-8-9-23-15(14(7-2)22(4)5)20-21-17(23)26-11-13-10-25-16(19-13)18-12(3)24/h10,14H,6-9,11H2,1-5H3,(H,18,19,24). The highest BCUT2D eigenvalue weighted by Gasteiger charge is 2.21. The van der Waals surface area contributed by atoms with Crippen LogP contribution in [0.4, 0.5) is 5.13 Å². The Morgan fingerprint density at radius 2 is 2.15 bits per heavy atom. The molecule has 0 aliphatic carbocycles. The molecule has 0 aliphatic rings. The zero-order valence-corrected chi connectivity index (χ0v) is 17.8. The van der Waals surface area contributed by atoms with Gasteiger partial charge in [0.15, 0.2) is 16.1 Å². The number of hydrogen-bond acceptors (Lipinski definition) is 7. The SMILES string of the molecule is CCCCn1c(SCc2csc(NC(C)=O)n2)nnc1C(CC)N(C)C. The first-order valence-corrected chi connectivity index (χ1v) is 10.8. The Morgan fingerprint density at radius 1 is 1.38 bits per heavy atom. The zero-order valence-electron chi connectivity index (χ0n) is 16.2. The molecule has 9 heteroatoms. The van der Waals surface area contributed by atoms with Gasteiger partial charge >= 0.3 is 0 Å². The van der Waals surface area contributed by atoms with Gasteiger partial charge in [-0.25, -0.2) is 4.98 Å². The molecule has 2 aromatic rings. The fourth-order valence-corrected chi connectivity index (χ4v) is 4.40. The Hall–Kier alpha value is -1.45. The second-order valence-corrected chi connectivity index (χ2v) is 8.15. The van der Waals surface area contributed by atoms with E-state index in [0.717, 1.165) is 42.5 Å². The van der Waals surface area contributed by atoms with Gasteiger partial charge in [-0.3, -0.25) is 9.69 Å². The van der Waals surface area contributed by atoms with Gasteiger partial charge in [-0.1, -0.05) is 32.0 Å². The lowest BCUT2D eigenvalue weighted by atomic mass is 10.2. The van der Waals surface area contributed by atoms with Crippen LogP contribution < -0.4 is 5.32 Å². The van der Waals surface area contributed by atoms with Gasteiger partial charge < -0.3 is 9.88 Å². The molecular formula is C17H28N6OS2. The van der Waals surface area contributed by atoms with Crippen molar-refractivity contribution in [1.29, 1.82) is 0 Å². The fraction of sp³-hybridized carbons (Fsp3) is 0.647. The van der Waals surface area contributed by atoms with Crippen LogP contribution in [0.3, 0.4) is 0 Å². The maximum atomic E-state index is 11.1. The van der Waals surface area contributed by atoms with E-state index in [2.05, 4.69) is 57.9 Å². The normalized spacial score (nSPS) is 12.5. The summed E-state index contributed by atoms with van der Waals surface area (Å²) < 4.78 is 2.25. The van der Waals surface area contributed by atoms with Crippen molar-refractivity contribution in [3.8, 4) is 0 Å². The van der Waals surface area contributed by atoms with Crippen LogP contribution in [0.1, 0.15) is 57.6 Å². The molecule has 1 N–H and O–H groups in total. The van der Waals surface area contributed by atoms with Crippen LogP contribution in [0.5, 0.6) is 0 Å². The summed E-state index contributed by atoms with van der Waals surface area (Å²) in [5.74, 6) is 1.64. The molecule has 7 nitrogen and oxygen atoms in total. The van der Waals surface area contributed by atoms with Crippen LogP contribution in [-0.2, 0) is 17.1 Å². The Bertz CT molecular complexity index is 712. The summed E-state index contributed by atoms with van der Waals surface area (Å²) in [6.45, 7) is 6.79. The van der Waals surface area contributed by atoms with Crippen LogP contribution in [0.2, 0.25) is 0 Å². The predicted octanol–water partition coefficient (Wildman–Crippen LogP) is 3.80. The van der Waals surface area contributed by atoms with Crippen molar-refractivity contribution in [2.75, 3.05) is 19.4 Å². The highest BCUT2D eigenvalue weighted by molar-refractivity contribution is 7.98. The van der Waals surface area contributed by atoms with E-state index in [0.29, 0.717) is 10.9 Å². The summed E-state index contributed by atoms with van der Waals surface area (Å²) >= 11 is 3.09. The maximum absolute atomic E-state index is 11.1. The number of amides is 1. The third-order valence-electron chi connectivity index (χ3n) is 3.97. The summed E-state index contributed by atoms with van der Waals surface area (Å²) in [4.78, 5) is 17.8. The van der Waals surface area contributed by atoms with Crippen molar-refractivity contribution in [1.82, 2.24) is 24.6 Å². The molecule has 0 aromatic carbocycles. The molecular weight excluding hydrogens is 368 g/mol. The highest BCUT2D eigenvalue weighted by Crippen LogP contribution is 2.28. The third-order valence-corrected chi connectivity index (χ3v) is 5.78. The molecule has 0 saturated carbocycles. The number of anilines is 1. The number of unbranched alkanes of at least 4 members (excludes halogenated alkanes) is 1. The molecule has 0 aliphatic heterocycles. The minimum absolute atomic E-state index is 0.100. The number of carbonyl (C=O) groups is 1. The van der Waals surface area contributed by atoms with Gasteiger partial charge in [-0.2, -0.15) is 0 Å². The first-order valence-electron chi connectivity index (χ1n) is 8.90. The number of nitrogens with one attached hydrogen (secondary N) is 1. The Kier molecular flexibility index (Phi) is 8.05. The van der Waals surface area contributed by atoms with Crippen molar-refractivity contribution >= 4 is 34.1 Å². The minimum Gasteiger partial charge on any atom is -0.305 e. The van der Waals surface area contributed by atoms with E-state index in [1.54, 1.807) is 11.8 Å². The number of hydrogen-bond donors (Lipinski definition) is 1. The molecule has 2 aromatic heterocycles. The molecule has 1 amide bonds. The molecule has 0 bridgehead atoms.